The van der Waals surface area contributed by atoms with Gasteiger partial charge >= 0.3 is 0 Å². The average molecular weight is 252 g/mol. The summed E-state index contributed by atoms with van der Waals surface area (Å²) in [5.74, 6) is 3.86. The van der Waals surface area contributed by atoms with Crippen molar-refractivity contribution >= 4 is 0 Å². The monoisotopic (exact) mass is 252 g/mol. The summed E-state index contributed by atoms with van der Waals surface area (Å²) in [5.41, 5.74) is 2.12. The minimum atomic E-state index is 0.490. The summed E-state index contributed by atoms with van der Waals surface area (Å²) in [4.78, 5) is 0. The molecule has 1 aromatic rings. The van der Waals surface area contributed by atoms with Gasteiger partial charge in [-0.15, -0.1) is 6.58 Å². The van der Waals surface area contributed by atoms with Gasteiger partial charge in [-0.2, -0.15) is 0 Å². The Labute approximate surface area is 116 Å². The van der Waals surface area contributed by atoms with Gasteiger partial charge < -0.3 is 0 Å². The third kappa shape index (κ3) is 1.65. The molecule has 0 spiro atoms. The molecule has 4 bridgehead atoms. The van der Waals surface area contributed by atoms with E-state index in [1.807, 2.05) is 0 Å². The molecule has 4 saturated carbocycles. The number of rotatable bonds is 3. The van der Waals surface area contributed by atoms with Crippen LogP contribution in [0, 0.1) is 23.7 Å². The number of hydrogen-bond donors (Lipinski definition) is 0. The van der Waals surface area contributed by atoms with Crippen molar-refractivity contribution in [1.29, 1.82) is 0 Å². The van der Waals surface area contributed by atoms with E-state index in [0.29, 0.717) is 5.41 Å². The van der Waals surface area contributed by atoms with Crippen molar-refractivity contribution in [3.8, 4) is 0 Å². The molecule has 0 nitrogen and oxygen atoms in total. The van der Waals surface area contributed by atoms with Crippen molar-refractivity contribution in [1.82, 2.24) is 0 Å². The molecular formula is C19H24. The standard InChI is InChI=1S/C19H24/c1-2-6-18-16-10-14-9-15(11-16)13-19(18,12-14)17-7-4-3-5-8-17/h2-5,7-8,14-16,18H,1,6,9-13H2. The highest BCUT2D eigenvalue weighted by molar-refractivity contribution is 5.31. The Morgan fingerprint density at radius 2 is 1.74 bits per heavy atom. The topological polar surface area (TPSA) is 0 Å². The lowest BCUT2D eigenvalue weighted by Crippen LogP contribution is -2.55. The molecular weight excluding hydrogens is 228 g/mol. The lowest BCUT2D eigenvalue weighted by molar-refractivity contribution is -0.0602. The van der Waals surface area contributed by atoms with E-state index in [-0.39, 0.29) is 0 Å². The molecule has 0 saturated heterocycles. The van der Waals surface area contributed by atoms with Gasteiger partial charge in [0.25, 0.3) is 0 Å². The van der Waals surface area contributed by atoms with Crippen molar-refractivity contribution < 1.29 is 0 Å². The first-order valence-electron chi connectivity index (χ1n) is 7.98. The molecule has 3 unspecified atom stereocenters. The van der Waals surface area contributed by atoms with E-state index >= 15 is 0 Å². The first kappa shape index (κ1) is 11.8. The smallest absolute Gasteiger partial charge is 0.000790 e. The van der Waals surface area contributed by atoms with Gasteiger partial charge in [-0.3, -0.25) is 0 Å². The van der Waals surface area contributed by atoms with Crippen LogP contribution in [-0.2, 0) is 5.41 Å². The largest absolute Gasteiger partial charge is 0.103 e. The van der Waals surface area contributed by atoms with Gasteiger partial charge in [-0.25, -0.2) is 0 Å². The number of hydrogen-bond acceptors (Lipinski definition) is 0. The second-order valence-corrected chi connectivity index (χ2v) is 7.26. The predicted molar refractivity (Wildman–Crippen MR) is 80.0 cm³/mol. The molecule has 0 heterocycles. The van der Waals surface area contributed by atoms with Crippen LogP contribution in [0.25, 0.3) is 0 Å². The van der Waals surface area contributed by atoms with Gasteiger partial charge in [-0.1, -0.05) is 36.4 Å². The number of allylic oxidation sites excluding steroid dienone is 1. The molecule has 0 aliphatic heterocycles. The Morgan fingerprint density at radius 1 is 1.05 bits per heavy atom. The fourth-order valence-electron chi connectivity index (χ4n) is 5.96. The SMILES string of the molecule is C=CCC1C2CC3CC(C2)CC1(c1ccccc1)C3. The van der Waals surface area contributed by atoms with Crippen LogP contribution in [0.4, 0.5) is 0 Å². The van der Waals surface area contributed by atoms with E-state index in [9.17, 15) is 0 Å². The molecule has 0 heteroatoms. The summed E-state index contributed by atoms with van der Waals surface area (Å²) in [7, 11) is 0. The molecule has 1 aromatic carbocycles. The Kier molecular flexibility index (Phi) is 2.62. The summed E-state index contributed by atoms with van der Waals surface area (Å²) in [6.45, 7) is 4.04. The van der Waals surface area contributed by atoms with Crippen LogP contribution in [0.3, 0.4) is 0 Å². The maximum absolute atomic E-state index is 4.04. The zero-order valence-electron chi connectivity index (χ0n) is 11.7. The van der Waals surface area contributed by atoms with E-state index in [1.54, 1.807) is 5.56 Å². The van der Waals surface area contributed by atoms with Gasteiger partial charge in [-0.05, 0) is 73.2 Å². The molecule has 0 radical (unpaired) electrons. The van der Waals surface area contributed by atoms with Gasteiger partial charge in [0.2, 0.25) is 0 Å². The van der Waals surface area contributed by atoms with Crippen LogP contribution in [-0.4, -0.2) is 0 Å². The molecule has 5 rings (SSSR count). The van der Waals surface area contributed by atoms with Crippen molar-refractivity contribution in [3.63, 3.8) is 0 Å². The quantitative estimate of drug-likeness (QED) is 0.667. The van der Waals surface area contributed by atoms with E-state index in [2.05, 4.69) is 43.0 Å². The van der Waals surface area contributed by atoms with Gasteiger partial charge in [0.05, 0.1) is 0 Å². The first-order chi connectivity index (χ1) is 9.32. The number of benzene rings is 1. The summed E-state index contributed by atoms with van der Waals surface area (Å²) in [5, 5.41) is 0. The molecule has 4 fully saturated rings. The molecule has 4 aliphatic rings. The molecule has 100 valence electrons. The minimum absolute atomic E-state index is 0.490. The molecule has 0 N–H and O–H groups in total. The molecule has 4 aliphatic carbocycles. The second-order valence-electron chi connectivity index (χ2n) is 7.26. The fourth-order valence-corrected chi connectivity index (χ4v) is 5.96. The van der Waals surface area contributed by atoms with Gasteiger partial charge in [0.1, 0.15) is 0 Å². The first-order valence-corrected chi connectivity index (χ1v) is 7.98. The molecule has 19 heavy (non-hydrogen) atoms. The minimum Gasteiger partial charge on any atom is -0.103 e. The van der Waals surface area contributed by atoms with Gasteiger partial charge in [0, 0.05) is 0 Å². The van der Waals surface area contributed by atoms with E-state index < -0.39 is 0 Å². The van der Waals surface area contributed by atoms with Crippen LogP contribution >= 0.6 is 0 Å². The Bertz CT molecular complexity index is 458. The highest BCUT2D eigenvalue weighted by Gasteiger charge is 2.56. The van der Waals surface area contributed by atoms with E-state index in [4.69, 9.17) is 0 Å². The highest BCUT2D eigenvalue weighted by Crippen LogP contribution is 2.64. The van der Waals surface area contributed by atoms with Crippen LogP contribution in [0.1, 0.15) is 44.1 Å². The maximum atomic E-state index is 4.04. The predicted octanol–water partition coefficient (Wildman–Crippen LogP) is 4.96. The molecule has 0 amide bonds. The third-order valence-corrected chi connectivity index (χ3v) is 6.29. The molecule has 0 aromatic heterocycles. The van der Waals surface area contributed by atoms with Crippen molar-refractivity contribution in [2.75, 3.05) is 0 Å². The lowest BCUT2D eigenvalue weighted by Gasteiger charge is -2.61. The highest BCUT2D eigenvalue weighted by atomic mass is 14.6. The second kappa shape index (κ2) is 4.23. The van der Waals surface area contributed by atoms with Gasteiger partial charge in [0.15, 0.2) is 0 Å². The lowest BCUT2D eigenvalue weighted by atomic mass is 9.43. The summed E-state index contributed by atoms with van der Waals surface area (Å²) in [6, 6.07) is 11.4. The third-order valence-electron chi connectivity index (χ3n) is 6.29. The normalized spacial score (nSPS) is 43.4. The average Bonchev–Trinajstić information content (AvgIpc) is 2.43. The van der Waals surface area contributed by atoms with Crippen molar-refractivity contribution in [3.05, 3.63) is 48.6 Å². The zero-order valence-corrected chi connectivity index (χ0v) is 11.7. The Hall–Kier alpha value is -1.04. The van der Waals surface area contributed by atoms with Crippen LogP contribution in [0.2, 0.25) is 0 Å². The van der Waals surface area contributed by atoms with Crippen molar-refractivity contribution in [2.24, 2.45) is 23.7 Å². The summed E-state index contributed by atoms with van der Waals surface area (Å²) < 4.78 is 0. The van der Waals surface area contributed by atoms with Crippen LogP contribution in [0.5, 0.6) is 0 Å². The zero-order chi connectivity index (χ0) is 12.9. The fraction of sp³-hybridized carbons (Fsp3) is 0.579. The molecule has 3 atom stereocenters. The van der Waals surface area contributed by atoms with E-state index in [0.717, 1.165) is 23.7 Å². The van der Waals surface area contributed by atoms with Crippen LogP contribution < -0.4 is 0 Å². The Morgan fingerprint density at radius 3 is 2.37 bits per heavy atom. The summed E-state index contributed by atoms with van der Waals surface area (Å²) >= 11 is 0. The van der Waals surface area contributed by atoms with E-state index in [1.165, 1.54) is 38.5 Å². The van der Waals surface area contributed by atoms with Crippen LogP contribution in [0.15, 0.2) is 43.0 Å². The summed E-state index contributed by atoms with van der Waals surface area (Å²) in [6.07, 6.45) is 10.8. The van der Waals surface area contributed by atoms with Crippen molar-refractivity contribution in [2.45, 2.75) is 43.9 Å². The Balaban J connectivity index is 1.80. The maximum Gasteiger partial charge on any atom is -0.000790 e.